The van der Waals surface area contributed by atoms with E-state index in [1.54, 1.807) is 0 Å². The van der Waals surface area contributed by atoms with Gasteiger partial charge in [0, 0.05) is 76.3 Å². The van der Waals surface area contributed by atoms with Crippen LogP contribution < -0.4 is 0 Å². The fraction of sp³-hybridized carbons (Fsp3) is 0. The Hall–Kier alpha value is 2.42. The van der Waals surface area contributed by atoms with Crippen molar-refractivity contribution in [3.8, 4) is 0 Å². The van der Waals surface area contributed by atoms with Gasteiger partial charge in [-0.3, -0.25) is 0 Å². The quantitative estimate of drug-likeness (QED) is 0.552. The zero-order valence-corrected chi connectivity index (χ0v) is 7.89. The smallest absolute Gasteiger partial charge is 0 e. The molecule has 0 aliphatic carbocycles. The van der Waals surface area contributed by atoms with Gasteiger partial charge in [0.2, 0.25) is 0 Å². The van der Waals surface area contributed by atoms with E-state index in [1.165, 1.54) is 0 Å². The Morgan fingerprint density at radius 3 is 0.750 bits per heavy atom. The maximum atomic E-state index is 0. The molecule has 0 N–H and O–H groups in total. The van der Waals surface area contributed by atoms with E-state index >= 15 is 0 Å². The summed E-state index contributed by atoms with van der Waals surface area (Å²) in [5.41, 5.74) is 0. The van der Waals surface area contributed by atoms with Gasteiger partial charge in [0.15, 0.2) is 0 Å². The summed E-state index contributed by atoms with van der Waals surface area (Å²) in [6.07, 6.45) is 0. The van der Waals surface area contributed by atoms with Crippen LogP contribution in [0, 0.1) is 0 Å². The molecule has 0 aromatic rings. The van der Waals surface area contributed by atoms with Gasteiger partial charge < -0.3 is 0 Å². The van der Waals surface area contributed by atoms with Crippen LogP contribution in [-0.4, -0.2) is 0 Å². The summed E-state index contributed by atoms with van der Waals surface area (Å²) in [5.74, 6) is 0. The molecule has 0 unspecified atom stereocenters. The molecule has 0 heterocycles. The second-order valence-electron chi connectivity index (χ2n) is 0. The SMILES string of the molecule is [Co].[Cr].[Mo].[Mo]. The number of rotatable bonds is 0. The molecule has 0 spiro atoms. The molecule has 0 aliphatic rings. The van der Waals surface area contributed by atoms with Gasteiger partial charge in [-0.25, -0.2) is 0 Å². The van der Waals surface area contributed by atoms with Crippen LogP contribution in [0.2, 0.25) is 0 Å². The van der Waals surface area contributed by atoms with Gasteiger partial charge in [-0.15, -0.1) is 0 Å². The first kappa shape index (κ1) is 32.2. The summed E-state index contributed by atoms with van der Waals surface area (Å²) in [6, 6.07) is 0. The summed E-state index contributed by atoms with van der Waals surface area (Å²) in [6.45, 7) is 0. The van der Waals surface area contributed by atoms with Crippen molar-refractivity contribution in [3.05, 3.63) is 0 Å². The van der Waals surface area contributed by atoms with Crippen molar-refractivity contribution < 1.29 is 76.3 Å². The first-order chi connectivity index (χ1) is 0. The molecule has 0 aliphatic heterocycles. The van der Waals surface area contributed by atoms with Crippen molar-refractivity contribution >= 4 is 0 Å². The third kappa shape index (κ3) is 8.83. The first-order valence-electron chi connectivity index (χ1n) is 0. The molecule has 4 heteroatoms. The van der Waals surface area contributed by atoms with Gasteiger partial charge in [0.1, 0.15) is 0 Å². The summed E-state index contributed by atoms with van der Waals surface area (Å²) in [4.78, 5) is 0. The molecule has 0 fully saturated rings. The van der Waals surface area contributed by atoms with Crippen LogP contribution in [-0.2, 0) is 76.3 Å². The Morgan fingerprint density at radius 2 is 0.750 bits per heavy atom. The Morgan fingerprint density at radius 1 is 0.750 bits per heavy atom. The molecule has 27 valence electrons. The van der Waals surface area contributed by atoms with Gasteiger partial charge in [-0.2, -0.15) is 0 Å². The average Bonchev–Trinajstić information content (AvgIpc) is 0. The van der Waals surface area contributed by atoms with Crippen LogP contribution >= 0.6 is 0 Å². The molecular formula is CoCrMo2. The normalized spacial score (nSPS) is 0. The molecule has 0 aromatic heterocycles. The molecule has 0 atom stereocenters. The first-order valence-corrected chi connectivity index (χ1v) is 0. The number of hydrogen-bond acceptors (Lipinski definition) is 0. The Bertz CT molecular complexity index is 6.00. The molecule has 0 saturated heterocycles. The molecule has 0 bridgehead atoms. The van der Waals surface area contributed by atoms with Crippen LogP contribution in [0.4, 0.5) is 0 Å². The molecule has 1 radical (unpaired) electrons. The molecular weight excluding hydrogens is 303 g/mol. The van der Waals surface area contributed by atoms with Crippen molar-refractivity contribution in [2.75, 3.05) is 0 Å². The maximum Gasteiger partial charge on any atom is 0 e. The largest absolute Gasteiger partial charge is 0 e. The van der Waals surface area contributed by atoms with Crippen LogP contribution in [0.25, 0.3) is 0 Å². The van der Waals surface area contributed by atoms with E-state index in [2.05, 4.69) is 0 Å². The standard InChI is InChI=1S/Co.Cr.2Mo. The second-order valence-corrected chi connectivity index (χ2v) is 0. The zero-order valence-electron chi connectivity index (χ0n) is 1.56. The van der Waals surface area contributed by atoms with Crippen LogP contribution in [0.15, 0.2) is 0 Å². The third-order valence-corrected chi connectivity index (χ3v) is 0. The van der Waals surface area contributed by atoms with Crippen LogP contribution in [0.5, 0.6) is 0 Å². The van der Waals surface area contributed by atoms with Crippen LogP contribution in [0.1, 0.15) is 0 Å². The van der Waals surface area contributed by atoms with Gasteiger partial charge in [-0.05, 0) is 0 Å². The number of hydrogen-bond donors (Lipinski definition) is 0. The van der Waals surface area contributed by atoms with Crippen molar-refractivity contribution in [2.45, 2.75) is 0 Å². The topological polar surface area (TPSA) is 0 Å². The van der Waals surface area contributed by atoms with E-state index in [0.717, 1.165) is 0 Å². The predicted molar refractivity (Wildman–Crippen MR) is 0 cm³/mol. The molecule has 0 nitrogen and oxygen atoms in total. The van der Waals surface area contributed by atoms with Gasteiger partial charge in [0.25, 0.3) is 0 Å². The van der Waals surface area contributed by atoms with Crippen molar-refractivity contribution in [3.63, 3.8) is 0 Å². The Balaban J connectivity index is 0. The van der Waals surface area contributed by atoms with E-state index in [4.69, 9.17) is 0 Å². The van der Waals surface area contributed by atoms with Crippen molar-refractivity contribution in [1.29, 1.82) is 0 Å². The second kappa shape index (κ2) is 18.1. The maximum absolute atomic E-state index is 0. The van der Waals surface area contributed by atoms with Gasteiger partial charge >= 0.3 is 0 Å². The average molecular weight is 303 g/mol. The zero-order chi connectivity index (χ0) is 0. The summed E-state index contributed by atoms with van der Waals surface area (Å²) in [5, 5.41) is 0. The van der Waals surface area contributed by atoms with E-state index in [1.807, 2.05) is 0 Å². The van der Waals surface area contributed by atoms with Crippen LogP contribution in [0.3, 0.4) is 0 Å². The molecule has 0 amide bonds. The minimum Gasteiger partial charge on any atom is 0 e. The fourth-order valence-corrected chi connectivity index (χ4v) is 0. The van der Waals surface area contributed by atoms with Gasteiger partial charge in [0.05, 0.1) is 0 Å². The van der Waals surface area contributed by atoms with E-state index in [9.17, 15) is 0 Å². The third-order valence-electron chi connectivity index (χ3n) is 0. The fourth-order valence-electron chi connectivity index (χ4n) is 0. The van der Waals surface area contributed by atoms with Crippen molar-refractivity contribution in [2.24, 2.45) is 0 Å². The monoisotopic (exact) mass is 307 g/mol. The molecule has 0 rings (SSSR count). The predicted octanol–water partition coefficient (Wildman–Crippen LogP) is -0.0100. The molecule has 4 heavy (non-hydrogen) atoms. The molecule has 0 aromatic carbocycles. The minimum atomic E-state index is 0. The summed E-state index contributed by atoms with van der Waals surface area (Å²) in [7, 11) is 0. The van der Waals surface area contributed by atoms with E-state index in [-0.39, 0.29) is 76.3 Å². The minimum absolute atomic E-state index is 0. The Kier molecular flexibility index (Phi) is 146. The van der Waals surface area contributed by atoms with Gasteiger partial charge in [-0.1, -0.05) is 0 Å². The van der Waals surface area contributed by atoms with E-state index < -0.39 is 0 Å². The van der Waals surface area contributed by atoms with Crippen molar-refractivity contribution in [1.82, 2.24) is 0 Å². The summed E-state index contributed by atoms with van der Waals surface area (Å²) < 4.78 is 0. The van der Waals surface area contributed by atoms with E-state index in [0.29, 0.717) is 0 Å². The molecule has 0 saturated carbocycles. The summed E-state index contributed by atoms with van der Waals surface area (Å²) >= 11 is 0. The Labute approximate surface area is 75.3 Å².